The number of rotatable bonds is 6. The number of amides is 1. The lowest BCUT2D eigenvalue weighted by Crippen LogP contribution is -2.35. The Bertz CT molecular complexity index is 765. The zero-order valence-electron chi connectivity index (χ0n) is 14.5. The fourth-order valence-electron chi connectivity index (χ4n) is 3.64. The van der Waals surface area contributed by atoms with Gasteiger partial charge in [-0.05, 0) is 37.0 Å². The van der Waals surface area contributed by atoms with Crippen LogP contribution in [0.4, 0.5) is 0 Å². The summed E-state index contributed by atoms with van der Waals surface area (Å²) in [5.74, 6) is 1.15. The molecule has 138 valence electrons. The number of aromatic nitrogens is 2. The Hall–Kier alpha value is -1.92. The van der Waals surface area contributed by atoms with Crippen molar-refractivity contribution in [3.63, 3.8) is 0 Å². The Balaban J connectivity index is 1.40. The summed E-state index contributed by atoms with van der Waals surface area (Å²) in [6.07, 6.45) is 4.76. The second-order valence-electron chi connectivity index (χ2n) is 7.07. The van der Waals surface area contributed by atoms with E-state index in [1.54, 1.807) is 0 Å². The Kier molecular flexibility index (Phi) is 4.96. The van der Waals surface area contributed by atoms with E-state index in [0.29, 0.717) is 42.9 Å². The minimum Gasteiger partial charge on any atom is -0.424 e. The number of ether oxygens (including phenoxy) is 1. The maximum atomic E-state index is 12.0. The molecule has 26 heavy (non-hydrogen) atoms. The first kappa shape index (κ1) is 17.5. The standard InChI is InChI=1S/C19H22ClN3O3/c20-14-4-2-13(3-5-14)19(9-1-10-19)18-23-22-17(26-18)7-6-16(24)21-15-8-11-25-12-15/h2-5,15H,1,6-12H2,(H,21,24)/t15-/m1/s1. The van der Waals surface area contributed by atoms with Gasteiger partial charge in [-0.3, -0.25) is 4.79 Å². The lowest BCUT2D eigenvalue weighted by atomic mass is 9.64. The van der Waals surface area contributed by atoms with E-state index in [4.69, 9.17) is 20.8 Å². The number of carbonyl (C=O) groups excluding carboxylic acids is 1. The molecule has 2 aromatic rings. The van der Waals surface area contributed by atoms with Gasteiger partial charge in [-0.2, -0.15) is 0 Å². The van der Waals surface area contributed by atoms with Gasteiger partial charge in [0.25, 0.3) is 0 Å². The normalized spacial score (nSPS) is 21.3. The summed E-state index contributed by atoms with van der Waals surface area (Å²) in [5, 5.41) is 12.1. The minimum atomic E-state index is -0.209. The molecule has 2 heterocycles. The summed E-state index contributed by atoms with van der Waals surface area (Å²) in [5.41, 5.74) is 0.946. The molecular formula is C19H22ClN3O3. The minimum absolute atomic E-state index is 0.00342. The van der Waals surface area contributed by atoms with Crippen molar-refractivity contribution in [1.29, 1.82) is 0 Å². The van der Waals surface area contributed by atoms with E-state index in [1.165, 1.54) is 0 Å². The molecule has 7 heteroatoms. The molecule has 1 amide bonds. The molecule has 1 aliphatic heterocycles. The molecule has 2 fully saturated rings. The van der Waals surface area contributed by atoms with Crippen LogP contribution in [0.15, 0.2) is 28.7 Å². The topological polar surface area (TPSA) is 77.2 Å². The highest BCUT2D eigenvalue weighted by atomic mass is 35.5. The van der Waals surface area contributed by atoms with Crippen LogP contribution in [0.3, 0.4) is 0 Å². The van der Waals surface area contributed by atoms with Gasteiger partial charge in [-0.15, -0.1) is 10.2 Å². The third-order valence-corrected chi connectivity index (χ3v) is 5.59. The van der Waals surface area contributed by atoms with Crippen molar-refractivity contribution in [2.24, 2.45) is 0 Å². The average Bonchev–Trinajstić information content (AvgIpc) is 3.26. The summed E-state index contributed by atoms with van der Waals surface area (Å²) in [4.78, 5) is 12.0. The fraction of sp³-hybridized carbons (Fsp3) is 0.526. The van der Waals surface area contributed by atoms with E-state index in [2.05, 4.69) is 15.5 Å². The van der Waals surface area contributed by atoms with Crippen LogP contribution < -0.4 is 5.32 Å². The number of aryl methyl sites for hydroxylation is 1. The molecule has 2 aliphatic rings. The van der Waals surface area contributed by atoms with Gasteiger partial charge >= 0.3 is 0 Å². The van der Waals surface area contributed by atoms with Crippen molar-refractivity contribution >= 4 is 17.5 Å². The maximum Gasteiger partial charge on any atom is 0.227 e. The van der Waals surface area contributed by atoms with Crippen LogP contribution in [0.25, 0.3) is 0 Å². The second kappa shape index (κ2) is 7.37. The summed E-state index contributed by atoms with van der Waals surface area (Å²) in [6, 6.07) is 7.98. The molecule has 6 nitrogen and oxygen atoms in total. The van der Waals surface area contributed by atoms with Crippen LogP contribution in [-0.2, 0) is 21.4 Å². The Morgan fingerprint density at radius 3 is 2.73 bits per heavy atom. The van der Waals surface area contributed by atoms with Gasteiger partial charge < -0.3 is 14.5 Å². The van der Waals surface area contributed by atoms with Crippen molar-refractivity contribution in [1.82, 2.24) is 15.5 Å². The number of hydrogen-bond donors (Lipinski definition) is 1. The van der Waals surface area contributed by atoms with E-state index in [9.17, 15) is 4.79 Å². The Morgan fingerprint density at radius 1 is 1.27 bits per heavy atom. The zero-order chi connectivity index (χ0) is 18.0. The molecular weight excluding hydrogens is 354 g/mol. The van der Waals surface area contributed by atoms with E-state index < -0.39 is 0 Å². The van der Waals surface area contributed by atoms with Gasteiger partial charge in [-0.25, -0.2) is 0 Å². The van der Waals surface area contributed by atoms with Crippen LogP contribution in [0, 0.1) is 0 Å². The highest BCUT2D eigenvalue weighted by Gasteiger charge is 2.45. The van der Waals surface area contributed by atoms with E-state index in [1.807, 2.05) is 24.3 Å². The summed E-state index contributed by atoms with van der Waals surface area (Å²) in [6.45, 7) is 1.31. The van der Waals surface area contributed by atoms with E-state index in [-0.39, 0.29) is 17.4 Å². The van der Waals surface area contributed by atoms with Crippen LogP contribution in [-0.4, -0.2) is 35.4 Å². The van der Waals surface area contributed by atoms with Crippen LogP contribution in [0.5, 0.6) is 0 Å². The molecule has 0 spiro atoms. The van der Waals surface area contributed by atoms with Gasteiger partial charge in [0.15, 0.2) is 0 Å². The molecule has 1 aromatic heterocycles. The second-order valence-corrected chi connectivity index (χ2v) is 7.51. The van der Waals surface area contributed by atoms with E-state index >= 15 is 0 Å². The zero-order valence-corrected chi connectivity index (χ0v) is 15.3. The number of carbonyl (C=O) groups is 1. The van der Waals surface area contributed by atoms with Crippen molar-refractivity contribution < 1.29 is 13.9 Å². The maximum absolute atomic E-state index is 12.0. The van der Waals surface area contributed by atoms with Crippen molar-refractivity contribution in [2.75, 3.05) is 13.2 Å². The number of nitrogens with zero attached hydrogens (tertiary/aromatic N) is 2. The molecule has 0 radical (unpaired) electrons. The largest absolute Gasteiger partial charge is 0.424 e. The van der Waals surface area contributed by atoms with Gasteiger partial charge in [0.05, 0.1) is 18.1 Å². The first-order valence-electron chi connectivity index (χ1n) is 9.12. The summed E-state index contributed by atoms with van der Waals surface area (Å²) in [7, 11) is 0. The Morgan fingerprint density at radius 2 is 2.08 bits per heavy atom. The smallest absolute Gasteiger partial charge is 0.227 e. The highest BCUT2D eigenvalue weighted by Crippen LogP contribution is 2.48. The van der Waals surface area contributed by atoms with Crippen molar-refractivity contribution in [3.8, 4) is 0 Å². The molecule has 1 N–H and O–H groups in total. The Labute approximate surface area is 157 Å². The summed E-state index contributed by atoms with van der Waals surface area (Å²) < 4.78 is 11.2. The first-order valence-corrected chi connectivity index (χ1v) is 9.49. The van der Waals surface area contributed by atoms with Crippen molar-refractivity contribution in [2.45, 2.75) is 50.0 Å². The monoisotopic (exact) mass is 375 g/mol. The molecule has 1 aromatic carbocycles. The predicted octanol–water partition coefficient (Wildman–Crippen LogP) is 3.03. The highest BCUT2D eigenvalue weighted by molar-refractivity contribution is 6.30. The number of benzene rings is 1. The molecule has 1 atom stereocenters. The molecule has 1 aliphatic carbocycles. The number of hydrogen-bond acceptors (Lipinski definition) is 5. The van der Waals surface area contributed by atoms with E-state index in [0.717, 1.165) is 31.2 Å². The predicted molar refractivity (Wildman–Crippen MR) is 96.1 cm³/mol. The average molecular weight is 376 g/mol. The first-order chi connectivity index (χ1) is 12.7. The quantitative estimate of drug-likeness (QED) is 0.839. The SMILES string of the molecule is O=C(CCc1nnc(C2(c3ccc(Cl)cc3)CCC2)o1)N[C@@H]1CCOC1. The third kappa shape index (κ3) is 3.48. The lowest BCUT2D eigenvalue weighted by molar-refractivity contribution is -0.121. The summed E-state index contributed by atoms with van der Waals surface area (Å²) >= 11 is 6.01. The van der Waals surface area contributed by atoms with Gasteiger partial charge in [0.2, 0.25) is 17.7 Å². The molecule has 0 bridgehead atoms. The van der Waals surface area contributed by atoms with Gasteiger partial charge in [0, 0.05) is 24.5 Å². The molecule has 1 saturated carbocycles. The van der Waals surface area contributed by atoms with Crippen LogP contribution >= 0.6 is 11.6 Å². The molecule has 0 unspecified atom stereocenters. The number of nitrogens with one attached hydrogen (secondary N) is 1. The van der Waals surface area contributed by atoms with Gasteiger partial charge in [-0.1, -0.05) is 30.2 Å². The lowest BCUT2D eigenvalue weighted by Gasteiger charge is -2.39. The fourth-order valence-corrected chi connectivity index (χ4v) is 3.77. The van der Waals surface area contributed by atoms with Crippen LogP contribution in [0.1, 0.15) is 49.4 Å². The van der Waals surface area contributed by atoms with Gasteiger partial charge in [0.1, 0.15) is 0 Å². The third-order valence-electron chi connectivity index (χ3n) is 5.34. The molecule has 1 saturated heterocycles. The van der Waals surface area contributed by atoms with Crippen molar-refractivity contribution in [3.05, 3.63) is 46.6 Å². The number of halogens is 1. The van der Waals surface area contributed by atoms with Crippen LogP contribution in [0.2, 0.25) is 5.02 Å². The molecule has 4 rings (SSSR count).